The van der Waals surface area contributed by atoms with Crippen LogP contribution >= 0.6 is 0 Å². The van der Waals surface area contributed by atoms with Gasteiger partial charge in [0.2, 0.25) is 0 Å². The van der Waals surface area contributed by atoms with Crippen LogP contribution in [0.5, 0.6) is 0 Å². The second-order valence-corrected chi connectivity index (χ2v) is 5.72. The maximum Gasteiger partial charge on any atom is 0.0275 e. The Hall–Kier alpha value is -0.0800. The van der Waals surface area contributed by atoms with E-state index in [0.717, 1.165) is 18.5 Å². The summed E-state index contributed by atoms with van der Waals surface area (Å²) in [5, 5.41) is 0. The zero-order valence-electron chi connectivity index (χ0n) is 10.9. The number of rotatable bonds is 4. The molecule has 0 bridgehead atoms. The highest BCUT2D eigenvalue weighted by atomic mass is 15.2. The normalized spacial score (nSPS) is 28.4. The van der Waals surface area contributed by atoms with Crippen LogP contribution in [0.2, 0.25) is 0 Å². The Morgan fingerprint density at radius 3 is 2.53 bits per heavy atom. The summed E-state index contributed by atoms with van der Waals surface area (Å²) in [4.78, 5) is 2.51. The van der Waals surface area contributed by atoms with Gasteiger partial charge in [0.05, 0.1) is 0 Å². The first-order valence-corrected chi connectivity index (χ1v) is 6.44. The van der Waals surface area contributed by atoms with Gasteiger partial charge in [-0.1, -0.05) is 26.2 Å². The molecule has 1 rings (SSSR count). The number of hydrogen-bond donors (Lipinski definition) is 1. The van der Waals surface area contributed by atoms with E-state index in [1.807, 2.05) is 0 Å². The van der Waals surface area contributed by atoms with E-state index in [9.17, 15) is 0 Å². The van der Waals surface area contributed by atoms with Crippen molar-refractivity contribution in [3.63, 3.8) is 0 Å². The molecule has 0 heterocycles. The van der Waals surface area contributed by atoms with Crippen LogP contribution in [-0.2, 0) is 0 Å². The Bertz CT molecular complexity index is 189. The topological polar surface area (TPSA) is 29.3 Å². The van der Waals surface area contributed by atoms with Crippen LogP contribution in [0.15, 0.2) is 0 Å². The molecule has 1 fully saturated rings. The largest absolute Gasteiger partial charge is 0.329 e. The summed E-state index contributed by atoms with van der Waals surface area (Å²) in [5.41, 5.74) is 5.99. The minimum atomic E-state index is 0.153. The van der Waals surface area contributed by atoms with E-state index in [1.54, 1.807) is 0 Å². The van der Waals surface area contributed by atoms with Crippen LogP contribution < -0.4 is 5.73 Å². The molecule has 2 unspecified atom stereocenters. The van der Waals surface area contributed by atoms with E-state index in [2.05, 4.69) is 32.7 Å². The fraction of sp³-hybridized carbons (Fsp3) is 1.00. The molecule has 2 atom stereocenters. The van der Waals surface area contributed by atoms with Crippen LogP contribution in [0.3, 0.4) is 0 Å². The van der Waals surface area contributed by atoms with Crippen LogP contribution in [0.25, 0.3) is 0 Å². The maximum absolute atomic E-state index is 5.84. The minimum Gasteiger partial charge on any atom is -0.329 e. The third kappa shape index (κ3) is 3.18. The van der Waals surface area contributed by atoms with Crippen molar-refractivity contribution in [2.24, 2.45) is 11.7 Å². The first kappa shape index (κ1) is 13.0. The smallest absolute Gasteiger partial charge is 0.0275 e. The van der Waals surface area contributed by atoms with E-state index >= 15 is 0 Å². The average Bonchev–Trinajstić information content (AvgIpc) is 2.28. The summed E-state index contributed by atoms with van der Waals surface area (Å²) >= 11 is 0. The molecule has 1 saturated carbocycles. The van der Waals surface area contributed by atoms with Crippen molar-refractivity contribution in [2.75, 3.05) is 13.6 Å². The highest BCUT2D eigenvalue weighted by Crippen LogP contribution is 2.31. The fourth-order valence-electron chi connectivity index (χ4n) is 2.62. The Morgan fingerprint density at radius 1 is 1.33 bits per heavy atom. The Labute approximate surface area is 95.2 Å². The lowest BCUT2D eigenvalue weighted by Crippen LogP contribution is -2.52. The third-order valence-corrected chi connectivity index (χ3v) is 4.33. The third-order valence-electron chi connectivity index (χ3n) is 4.33. The molecule has 90 valence electrons. The number of nitrogens with two attached hydrogens (primary N) is 1. The van der Waals surface area contributed by atoms with Crippen LogP contribution in [0.1, 0.15) is 52.9 Å². The Balaban J connectivity index is 2.55. The van der Waals surface area contributed by atoms with Gasteiger partial charge in [-0.2, -0.15) is 0 Å². The molecule has 1 aliphatic rings. The molecule has 2 nitrogen and oxygen atoms in total. The van der Waals surface area contributed by atoms with Gasteiger partial charge in [-0.15, -0.1) is 0 Å². The standard InChI is InChI=1S/C13H28N2/c1-5-11-7-6-8-12(9-11)15(4)13(2,3)10-14/h11-12H,5-10,14H2,1-4H3. The summed E-state index contributed by atoms with van der Waals surface area (Å²) in [6.07, 6.45) is 6.90. The monoisotopic (exact) mass is 212 g/mol. The van der Waals surface area contributed by atoms with Crippen LogP contribution in [0.4, 0.5) is 0 Å². The number of likely N-dealkylation sites (N-methyl/N-ethyl adjacent to an activating group) is 1. The average molecular weight is 212 g/mol. The second kappa shape index (κ2) is 5.31. The van der Waals surface area contributed by atoms with Crippen molar-refractivity contribution < 1.29 is 0 Å². The molecule has 0 amide bonds. The summed E-state index contributed by atoms with van der Waals surface area (Å²) in [7, 11) is 2.25. The predicted molar refractivity (Wildman–Crippen MR) is 66.9 cm³/mol. The molecule has 0 aliphatic heterocycles. The van der Waals surface area contributed by atoms with Crippen LogP contribution in [0, 0.1) is 5.92 Å². The van der Waals surface area contributed by atoms with Gasteiger partial charge in [0, 0.05) is 18.1 Å². The van der Waals surface area contributed by atoms with Crippen molar-refractivity contribution in [1.82, 2.24) is 4.90 Å². The minimum absolute atomic E-state index is 0.153. The molecule has 0 aromatic carbocycles. The van der Waals surface area contributed by atoms with Gasteiger partial charge < -0.3 is 5.73 Å². The highest BCUT2D eigenvalue weighted by Gasteiger charge is 2.31. The molecule has 0 aromatic heterocycles. The second-order valence-electron chi connectivity index (χ2n) is 5.72. The zero-order valence-corrected chi connectivity index (χ0v) is 10.9. The van der Waals surface area contributed by atoms with Crippen molar-refractivity contribution in [3.8, 4) is 0 Å². The van der Waals surface area contributed by atoms with Gasteiger partial charge in [0.1, 0.15) is 0 Å². The molecule has 2 heteroatoms. The van der Waals surface area contributed by atoms with E-state index in [1.165, 1.54) is 32.1 Å². The molecular weight excluding hydrogens is 184 g/mol. The quantitative estimate of drug-likeness (QED) is 0.776. The predicted octanol–water partition coefficient (Wildman–Crippen LogP) is 2.62. The van der Waals surface area contributed by atoms with Gasteiger partial charge in [-0.25, -0.2) is 0 Å². The van der Waals surface area contributed by atoms with Crippen molar-refractivity contribution in [2.45, 2.75) is 64.5 Å². The lowest BCUT2D eigenvalue weighted by atomic mass is 9.82. The van der Waals surface area contributed by atoms with Crippen molar-refractivity contribution in [3.05, 3.63) is 0 Å². The Kier molecular flexibility index (Phi) is 4.60. The molecule has 2 N–H and O–H groups in total. The van der Waals surface area contributed by atoms with E-state index < -0.39 is 0 Å². The molecule has 1 aliphatic carbocycles. The van der Waals surface area contributed by atoms with E-state index in [0.29, 0.717) is 0 Å². The van der Waals surface area contributed by atoms with E-state index in [4.69, 9.17) is 5.73 Å². The molecule has 0 aromatic rings. The summed E-state index contributed by atoms with van der Waals surface area (Å²) in [5.74, 6) is 0.944. The fourth-order valence-corrected chi connectivity index (χ4v) is 2.62. The van der Waals surface area contributed by atoms with Gasteiger partial charge in [0.15, 0.2) is 0 Å². The first-order chi connectivity index (χ1) is 7.01. The number of nitrogens with zero attached hydrogens (tertiary/aromatic N) is 1. The van der Waals surface area contributed by atoms with Gasteiger partial charge in [0.25, 0.3) is 0 Å². The van der Waals surface area contributed by atoms with Gasteiger partial charge in [-0.05, 0) is 39.7 Å². The van der Waals surface area contributed by atoms with Crippen molar-refractivity contribution in [1.29, 1.82) is 0 Å². The van der Waals surface area contributed by atoms with Crippen LogP contribution in [-0.4, -0.2) is 30.1 Å². The number of hydrogen-bond acceptors (Lipinski definition) is 2. The summed E-state index contributed by atoms with van der Waals surface area (Å²) in [6, 6.07) is 0.752. The van der Waals surface area contributed by atoms with Gasteiger partial charge >= 0.3 is 0 Å². The molecular formula is C13H28N2. The van der Waals surface area contributed by atoms with Gasteiger partial charge in [-0.3, -0.25) is 4.90 Å². The maximum atomic E-state index is 5.84. The lowest BCUT2D eigenvalue weighted by molar-refractivity contribution is 0.0675. The summed E-state index contributed by atoms with van der Waals surface area (Å²) in [6.45, 7) is 7.57. The Morgan fingerprint density at radius 2 is 2.00 bits per heavy atom. The molecule has 0 radical (unpaired) electrons. The molecule has 0 spiro atoms. The zero-order chi connectivity index (χ0) is 11.5. The first-order valence-electron chi connectivity index (χ1n) is 6.44. The molecule has 15 heavy (non-hydrogen) atoms. The van der Waals surface area contributed by atoms with Crippen molar-refractivity contribution >= 4 is 0 Å². The van der Waals surface area contributed by atoms with E-state index in [-0.39, 0.29) is 5.54 Å². The SMILES string of the molecule is CCC1CCCC(N(C)C(C)(C)CN)C1. The summed E-state index contributed by atoms with van der Waals surface area (Å²) < 4.78 is 0. The molecule has 0 saturated heterocycles. The lowest BCUT2D eigenvalue weighted by Gasteiger charge is -2.43. The highest BCUT2D eigenvalue weighted by molar-refractivity contribution is 4.88.